The van der Waals surface area contributed by atoms with Crippen LogP contribution in [0.1, 0.15) is 53.9 Å². The smallest absolute Gasteiger partial charge is 0.0115 e. The Labute approximate surface area is 102 Å². The van der Waals surface area contributed by atoms with Gasteiger partial charge >= 0.3 is 0 Å². The lowest BCUT2D eigenvalue weighted by Crippen LogP contribution is -2.52. The quantitative estimate of drug-likeness (QED) is 0.798. The number of piperidine rings is 1. The van der Waals surface area contributed by atoms with E-state index in [4.69, 9.17) is 5.73 Å². The van der Waals surface area contributed by atoms with Crippen LogP contribution in [0.4, 0.5) is 0 Å². The summed E-state index contributed by atoms with van der Waals surface area (Å²) in [7, 11) is 0. The molecular formula is C14H30N2. The fraction of sp³-hybridized carbons (Fsp3) is 1.00. The minimum Gasteiger partial charge on any atom is -0.327 e. The topological polar surface area (TPSA) is 29.3 Å². The Hall–Kier alpha value is -0.0800. The van der Waals surface area contributed by atoms with Crippen molar-refractivity contribution in [1.29, 1.82) is 0 Å². The maximum atomic E-state index is 6.16. The molecule has 1 aliphatic rings. The molecule has 0 bridgehead atoms. The zero-order valence-electron chi connectivity index (χ0n) is 11.8. The predicted molar refractivity (Wildman–Crippen MR) is 71.5 cm³/mol. The lowest BCUT2D eigenvalue weighted by Gasteiger charge is -2.43. The monoisotopic (exact) mass is 226 g/mol. The van der Waals surface area contributed by atoms with E-state index in [1.54, 1.807) is 0 Å². The summed E-state index contributed by atoms with van der Waals surface area (Å²) in [6.45, 7) is 15.2. The number of rotatable bonds is 4. The van der Waals surface area contributed by atoms with Crippen LogP contribution in [0.25, 0.3) is 0 Å². The van der Waals surface area contributed by atoms with E-state index < -0.39 is 0 Å². The van der Waals surface area contributed by atoms with Gasteiger partial charge in [0, 0.05) is 12.6 Å². The molecule has 16 heavy (non-hydrogen) atoms. The summed E-state index contributed by atoms with van der Waals surface area (Å²) in [5.74, 6) is 0. The summed E-state index contributed by atoms with van der Waals surface area (Å²) in [6.07, 6.45) is 3.72. The Bertz CT molecular complexity index is 221. The summed E-state index contributed by atoms with van der Waals surface area (Å²) < 4.78 is 0. The highest BCUT2D eigenvalue weighted by molar-refractivity contribution is 4.89. The standard InChI is InChI=1S/C14H30N2/c1-6-13(2,3)8-10-16-9-7-12(15)14(4,5)11-16/h12H,6-11,15H2,1-5H3. The molecule has 0 aromatic rings. The summed E-state index contributed by atoms with van der Waals surface area (Å²) in [6, 6.07) is 0.378. The lowest BCUT2D eigenvalue weighted by molar-refractivity contribution is 0.0839. The zero-order chi connectivity index (χ0) is 12.4. The van der Waals surface area contributed by atoms with Gasteiger partial charge in [-0.1, -0.05) is 41.0 Å². The van der Waals surface area contributed by atoms with Crippen LogP contribution in [-0.4, -0.2) is 30.6 Å². The van der Waals surface area contributed by atoms with Gasteiger partial charge in [0.1, 0.15) is 0 Å². The molecule has 0 aromatic heterocycles. The molecular weight excluding hydrogens is 196 g/mol. The Morgan fingerprint density at radius 1 is 1.38 bits per heavy atom. The van der Waals surface area contributed by atoms with Crippen molar-refractivity contribution in [2.45, 2.75) is 59.9 Å². The van der Waals surface area contributed by atoms with E-state index in [-0.39, 0.29) is 5.41 Å². The van der Waals surface area contributed by atoms with Gasteiger partial charge in [0.2, 0.25) is 0 Å². The minimum absolute atomic E-state index is 0.286. The van der Waals surface area contributed by atoms with E-state index in [1.165, 1.54) is 25.9 Å². The number of nitrogens with two attached hydrogens (primary N) is 1. The summed E-state index contributed by atoms with van der Waals surface area (Å²) >= 11 is 0. The first-order chi connectivity index (χ1) is 7.27. The highest BCUT2D eigenvalue weighted by Crippen LogP contribution is 2.30. The van der Waals surface area contributed by atoms with Crippen LogP contribution in [0, 0.1) is 10.8 Å². The molecule has 0 spiro atoms. The first kappa shape index (κ1) is 14.0. The van der Waals surface area contributed by atoms with Crippen LogP contribution < -0.4 is 5.73 Å². The van der Waals surface area contributed by atoms with Crippen LogP contribution in [0.2, 0.25) is 0 Å². The van der Waals surface area contributed by atoms with Gasteiger partial charge in [0.25, 0.3) is 0 Å². The van der Waals surface area contributed by atoms with E-state index in [0.29, 0.717) is 11.5 Å². The zero-order valence-corrected chi connectivity index (χ0v) is 11.8. The highest BCUT2D eigenvalue weighted by atomic mass is 15.1. The van der Waals surface area contributed by atoms with Crippen LogP contribution in [0.3, 0.4) is 0 Å². The third kappa shape index (κ3) is 3.74. The van der Waals surface area contributed by atoms with Crippen molar-refractivity contribution in [3.05, 3.63) is 0 Å². The van der Waals surface area contributed by atoms with Gasteiger partial charge in [-0.25, -0.2) is 0 Å². The molecule has 1 rings (SSSR count). The summed E-state index contributed by atoms with van der Waals surface area (Å²) in [5.41, 5.74) is 6.93. The van der Waals surface area contributed by atoms with Crippen LogP contribution in [0.15, 0.2) is 0 Å². The van der Waals surface area contributed by atoms with E-state index in [2.05, 4.69) is 39.5 Å². The van der Waals surface area contributed by atoms with Crippen molar-refractivity contribution in [3.63, 3.8) is 0 Å². The molecule has 2 heteroatoms. The maximum Gasteiger partial charge on any atom is 0.0115 e. The molecule has 1 fully saturated rings. The highest BCUT2D eigenvalue weighted by Gasteiger charge is 2.33. The molecule has 1 atom stereocenters. The third-order valence-electron chi connectivity index (χ3n) is 4.45. The lowest BCUT2D eigenvalue weighted by atomic mass is 9.79. The second-order valence-electron chi connectivity index (χ2n) is 6.93. The number of hydrogen-bond acceptors (Lipinski definition) is 2. The first-order valence-electron chi connectivity index (χ1n) is 6.75. The second-order valence-corrected chi connectivity index (χ2v) is 6.93. The molecule has 0 saturated carbocycles. The van der Waals surface area contributed by atoms with Gasteiger partial charge in [-0.2, -0.15) is 0 Å². The number of likely N-dealkylation sites (tertiary alicyclic amines) is 1. The second kappa shape index (κ2) is 5.05. The van der Waals surface area contributed by atoms with Crippen molar-refractivity contribution in [3.8, 4) is 0 Å². The molecule has 0 aromatic carbocycles. The first-order valence-corrected chi connectivity index (χ1v) is 6.75. The fourth-order valence-electron chi connectivity index (χ4n) is 2.31. The molecule has 1 unspecified atom stereocenters. The molecule has 2 N–H and O–H groups in total. The van der Waals surface area contributed by atoms with Crippen LogP contribution in [0.5, 0.6) is 0 Å². The molecule has 0 radical (unpaired) electrons. The Kier molecular flexibility index (Phi) is 4.42. The van der Waals surface area contributed by atoms with Gasteiger partial charge in [-0.05, 0) is 36.8 Å². The van der Waals surface area contributed by atoms with Crippen LogP contribution in [-0.2, 0) is 0 Å². The van der Waals surface area contributed by atoms with Gasteiger partial charge in [0.05, 0.1) is 0 Å². The van der Waals surface area contributed by atoms with Crippen molar-refractivity contribution < 1.29 is 0 Å². The predicted octanol–water partition coefficient (Wildman–Crippen LogP) is 2.87. The Morgan fingerprint density at radius 2 is 2.00 bits per heavy atom. The number of hydrogen-bond donors (Lipinski definition) is 1. The van der Waals surface area contributed by atoms with Crippen molar-refractivity contribution >= 4 is 0 Å². The molecule has 1 aliphatic heterocycles. The molecule has 0 amide bonds. The Balaban J connectivity index is 2.40. The summed E-state index contributed by atoms with van der Waals surface area (Å²) in [5, 5.41) is 0. The average Bonchev–Trinajstić information content (AvgIpc) is 2.20. The fourth-order valence-corrected chi connectivity index (χ4v) is 2.31. The van der Waals surface area contributed by atoms with Crippen molar-refractivity contribution in [1.82, 2.24) is 4.90 Å². The van der Waals surface area contributed by atoms with Gasteiger partial charge in [0.15, 0.2) is 0 Å². The Morgan fingerprint density at radius 3 is 2.50 bits per heavy atom. The molecule has 0 aliphatic carbocycles. The molecule has 1 heterocycles. The molecule has 1 saturated heterocycles. The normalized spacial score (nSPS) is 27.0. The van der Waals surface area contributed by atoms with E-state index in [9.17, 15) is 0 Å². The minimum atomic E-state index is 0.286. The SMILES string of the molecule is CCC(C)(C)CCN1CCC(N)C(C)(C)C1. The largest absolute Gasteiger partial charge is 0.327 e. The van der Waals surface area contributed by atoms with E-state index in [1.807, 2.05) is 0 Å². The van der Waals surface area contributed by atoms with E-state index >= 15 is 0 Å². The maximum absolute atomic E-state index is 6.16. The van der Waals surface area contributed by atoms with Gasteiger partial charge < -0.3 is 10.6 Å². The van der Waals surface area contributed by atoms with Crippen molar-refractivity contribution in [2.24, 2.45) is 16.6 Å². The molecule has 2 nitrogen and oxygen atoms in total. The van der Waals surface area contributed by atoms with E-state index in [0.717, 1.165) is 13.0 Å². The average molecular weight is 226 g/mol. The summed E-state index contributed by atoms with van der Waals surface area (Å²) in [4.78, 5) is 2.60. The van der Waals surface area contributed by atoms with Crippen LogP contribution >= 0.6 is 0 Å². The van der Waals surface area contributed by atoms with Gasteiger partial charge in [-0.15, -0.1) is 0 Å². The van der Waals surface area contributed by atoms with Crippen molar-refractivity contribution in [2.75, 3.05) is 19.6 Å². The third-order valence-corrected chi connectivity index (χ3v) is 4.45. The number of nitrogens with zero attached hydrogens (tertiary/aromatic N) is 1. The van der Waals surface area contributed by atoms with Gasteiger partial charge in [-0.3, -0.25) is 0 Å². The molecule has 96 valence electrons.